The minimum atomic E-state index is -0.283. The topological polar surface area (TPSA) is 43.1 Å². The molecule has 1 aromatic carbocycles. The Hall–Kier alpha value is -2.49. The molecular formula is C21H22FNO2. The Kier molecular flexibility index (Phi) is 4.23. The first-order valence-corrected chi connectivity index (χ1v) is 8.42. The van der Waals surface area contributed by atoms with Crippen molar-refractivity contribution < 1.29 is 13.6 Å². The highest BCUT2D eigenvalue weighted by Crippen LogP contribution is 2.35. The van der Waals surface area contributed by atoms with Crippen molar-refractivity contribution >= 4 is 16.9 Å². The Labute approximate surface area is 146 Å². The molecule has 0 radical (unpaired) electrons. The lowest BCUT2D eigenvalue weighted by Gasteiger charge is -2.20. The summed E-state index contributed by atoms with van der Waals surface area (Å²) >= 11 is 0. The van der Waals surface area contributed by atoms with Crippen LogP contribution < -0.4 is 0 Å². The zero-order valence-electron chi connectivity index (χ0n) is 15.2. The molecule has 4 heteroatoms. The number of Topliss-reactive ketones (excluding diaryl/α,β-unsaturated/α-hetero) is 1. The predicted molar refractivity (Wildman–Crippen MR) is 97.3 cm³/mol. The highest BCUT2D eigenvalue weighted by Gasteiger charge is 2.24. The van der Waals surface area contributed by atoms with Gasteiger partial charge in [0.25, 0.3) is 0 Å². The third-order valence-corrected chi connectivity index (χ3v) is 4.19. The van der Waals surface area contributed by atoms with Gasteiger partial charge in [0, 0.05) is 23.1 Å². The highest BCUT2D eigenvalue weighted by molar-refractivity contribution is 5.98. The van der Waals surface area contributed by atoms with E-state index >= 15 is 0 Å². The fourth-order valence-corrected chi connectivity index (χ4v) is 2.75. The second-order valence-electron chi connectivity index (χ2n) is 7.66. The molecule has 2 heterocycles. The van der Waals surface area contributed by atoms with Gasteiger partial charge >= 0.3 is 0 Å². The SMILES string of the molecule is CC(C)C(=O)c1cc2nc(-c3ccc(F)cc3)cc(C(C)(C)C)c2o1. The van der Waals surface area contributed by atoms with Crippen LogP contribution >= 0.6 is 0 Å². The fraction of sp³-hybridized carbons (Fsp3) is 0.333. The lowest BCUT2D eigenvalue weighted by molar-refractivity contribution is 0.0913. The Morgan fingerprint density at radius 1 is 1.12 bits per heavy atom. The molecule has 0 saturated carbocycles. The quantitative estimate of drug-likeness (QED) is 0.569. The van der Waals surface area contributed by atoms with E-state index in [1.807, 2.05) is 19.9 Å². The summed E-state index contributed by atoms with van der Waals surface area (Å²) in [6, 6.07) is 9.91. The van der Waals surface area contributed by atoms with Gasteiger partial charge in [-0.05, 0) is 35.7 Å². The number of benzene rings is 1. The van der Waals surface area contributed by atoms with E-state index in [1.54, 1.807) is 18.2 Å². The van der Waals surface area contributed by atoms with Gasteiger partial charge in [0.1, 0.15) is 11.3 Å². The fourth-order valence-electron chi connectivity index (χ4n) is 2.75. The van der Waals surface area contributed by atoms with Crippen LogP contribution in [0.1, 0.15) is 50.7 Å². The summed E-state index contributed by atoms with van der Waals surface area (Å²) in [7, 11) is 0. The van der Waals surface area contributed by atoms with Crippen molar-refractivity contribution in [3.63, 3.8) is 0 Å². The third kappa shape index (κ3) is 3.34. The average Bonchev–Trinajstić information content (AvgIpc) is 2.96. The second kappa shape index (κ2) is 6.10. The Balaban J connectivity index is 2.24. The van der Waals surface area contributed by atoms with E-state index in [0.717, 1.165) is 16.8 Å². The molecule has 0 atom stereocenters. The maximum Gasteiger partial charge on any atom is 0.200 e. The van der Waals surface area contributed by atoms with Gasteiger partial charge in [-0.25, -0.2) is 9.37 Å². The highest BCUT2D eigenvalue weighted by atomic mass is 19.1. The molecular weight excluding hydrogens is 317 g/mol. The van der Waals surface area contributed by atoms with Crippen LogP contribution in [0.15, 0.2) is 40.8 Å². The number of carbonyl (C=O) groups excluding carboxylic acids is 1. The van der Waals surface area contributed by atoms with E-state index in [2.05, 4.69) is 25.8 Å². The lowest BCUT2D eigenvalue weighted by atomic mass is 9.86. The van der Waals surface area contributed by atoms with Gasteiger partial charge in [-0.15, -0.1) is 0 Å². The van der Waals surface area contributed by atoms with Gasteiger partial charge in [0.2, 0.25) is 5.78 Å². The molecule has 0 aliphatic heterocycles. The first kappa shape index (κ1) is 17.3. The molecule has 0 aliphatic rings. The van der Waals surface area contributed by atoms with Crippen molar-refractivity contribution in [2.75, 3.05) is 0 Å². The molecule has 3 aromatic rings. The van der Waals surface area contributed by atoms with Crippen molar-refractivity contribution in [2.45, 2.75) is 40.0 Å². The third-order valence-electron chi connectivity index (χ3n) is 4.19. The number of furan rings is 1. The number of hydrogen-bond acceptors (Lipinski definition) is 3. The minimum Gasteiger partial charge on any atom is -0.451 e. The summed E-state index contributed by atoms with van der Waals surface area (Å²) < 4.78 is 19.1. The van der Waals surface area contributed by atoms with Crippen LogP contribution in [0.4, 0.5) is 4.39 Å². The van der Waals surface area contributed by atoms with Crippen LogP contribution in [0.25, 0.3) is 22.4 Å². The molecule has 3 nitrogen and oxygen atoms in total. The van der Waals surface area contributed by atoms with Crippen LogP contribution in [0, 0.1) is 11.7 Å². The maximum absolute atomic E-state index is 13.2. The van der Waals surface area contributed by atoms with Crippen LogP contribution in [0.3, 0.4) is 0 Å². The molecule has 0 N–H and O–H groups in total. The molecule has 0 saturated heterocycles. The van der Waals surface area contributed by atoms with Gasteiger partial charge in [0.15, 0.2) is 11.3 Å². The summed E-state index contributed by atoms with van der Waals surface area (Å²) in [6.45, 7) is 9.95. The normalized spacial score (nSPS) is 12.1. The molecule has 0 bridgehead atoms. The monoisotopic (exact) mass is 339 g/mol. The Bertz CT molecular complexity index is 931. The van der Waals surface area contributed by atoms with Crippen LogP contribution in [-0.4, -0.2) is 10.8 Å². The molecule has 2 aromatic heterocycles. The zero-order valence-corrected chi connectivity index (χ0v) is 15.2. The van der Waals surface area contributed by atoms with Gasteiger partial charge in [-0.3, -0.25) is 4.79 Å². The van der Waals surface area contributed by atoms with E-state index in [-0.39, 0.29) is 22.9 Å². The predicted octanol–water partition coefficient (Wildman–Crippen LogP) is 5.77. The number of rotatable bonds is 3. The summed E-state index contributed by atoms with van der Waals surface area (Å²) in [5.41, 5.74) is 3.64. The molecule has 0 unspecified atom stereocenters. The number of hydrogen-bond donors (Lipinski definition) is 0. The number of nitrogens with zero attached hydrogens (tertiary/aromatic N) is 1. The number of fused-ring (bicyclic) bond motifs is 1. The van der Waals surface area contributed by atoms with E-state index in [0.29, 0.717) is 16.9 Å². The van der Waals surface area contributed by atoms with Crippen molar-refractivity contribution in [2.24, 2.45) is 5.92 Å². The zero-order chi connectivity index (χ0) is 18.4. The van der Waals surface area contributed by atoms with Crippen molar-refractivity contribution in [1.29, 1.82) is 0 Å². The summed E-state index contributed by atoms with van der Waals surface area (Å²) in [6.07, 6.45) is 0. The molecule has 0 fully saturated rings. The average molecular weight is 339 g/mol. The van der Waals surface area contributed by atoms with Crippen molar-refractivity contribution in [3.05, 3.63) is 53.5 Å². The number of pyridine rings is 1. The van der Waals surface area contributed by atoms with Crippen molar-refractivity contribution in [1.82, 2.24) is 4.98 Å². The van der Waals surface area contributed by atoms with E-state index < -0.39 is 0 Å². The standard InChI is InChI=1S/C21H22FNO2/c1-12(2)19(24)18-11-17-20(25-18)15(21(3,4)5)10-16(23-17)13-6-8-14(22)9-7-13/h6-12H,1-5H3. The second-order valence-corrected chi connectivity index (χ2v) is 7.66. The van der Waals surface area contributed by atoms with Gasteiger partial charge in [-0.1, -0.05) is 34.6 Å². The van der Waals surface area contributed by atoms with Gasteiger partial charge < -0.3 is 4.42 Å². The summed E-state index contributed by atoms with van der Waals surface area (Å²) in [5.74, 6) is -0.135. The van der Waals surface area contributed by atoms with Crippen LogP contribution in [0.2, 0.25) is 0 Å². The number of carbonyl (C=O) groups is 1. The van der Waals surface area contributed by atoms with E-state index in [9.17, 15) is 9.18 Å². The minimum absolute atomic E-state index is 0.0406. The lowest BCUT2D eigenvalue weighted by Crippen LogP contribution is -2.12. The number of halogens is 1. The summed E-state index contributed by atoms with van der Waals surface area (Å²) in [4.78, 5) is 16.9. The summed E-state index contributed by atoms with van der Waals surface area (Å²) in [5, 5.41) is 0. The van der Waals surface area contributed by atoms with Crippen LogP contribution in [0.5, 0.6) is 0 Å². The smallest absolute Gasteiger partial charge is 0.200 e. The van der Waals surface area contributed by atoms with Gasteiger partial charge in [-0.2, -0.15) is 0 Å². The van der Waals surface area contributed by atoms with Gasteiger partial charge in [0.05, 0.1) is 5.69 Å². The largest absolute Gasteiger partial charge is 0.451 e. The van der Waals surface area contributed by atoms with Crippen molar-refractivity contribution in [3.8, 4) is 11.3 Å². The molecule has 130 valence electrons. The van der Waals surface area contributed by atoms with Crippen LogP contribution in [-0.2, 0) is 5.41 Å². The molecule has 25 heavy (non-hydrogen) atoms. The number of aromatic nitrogens is 1. The molecule has 3 rings (SSSR count). The first-order valence-electron chi connectivity index (χ1n) is 8.42. The number of ketones is 1. The first-order chi connectivity index (χ1) is 11.7. The molecule has 0 aliphatic carbocycles. The van der Waals surface area contributed by atoms with E-state index in [1.165, 1.54) is 12.1 Å². The Morgan fingerprint density at radius 3 is 2.32 bits per heavy atom. The molecule has 0 amide bonds. The molecule has 0 spiro atoms. The maximum atomic E-state index is 13.2. The van der Waals surface area contributed by atoms with E-state index in [4.69, 9.17) is 4.42 Å². The Morgan fingerprint density at radius 2 is 1.76 bits per heavy atom.